The van der Waals surface area contributed by atoms with E-state index in [0.717, 1.165) is 18.4 Å². The van der Waals surface area contributed by atoms with Crippen LogP contribution < -0.4 is 5.73 Å². The maximum atomic E-state index is 5.83. The van der Waals surface area contributed by atoms with Gasteiger partial charge in [0.25, 0.3) is 0 Å². The lowest BCUT2D eigenvalue weighted by molar-refractivity contribution is 0.640. The molecule has 1 nitrogen and oxygen atoms in total. The summed E-state index contributed by atoms with van der Waals surface area (Å²) in [7, 11) is 0. The number of fused-ring (bicyclic) bond motifs is 3. The molecule has 2 atom stereocenters. The van der Waals surface area contributed by atoms with Gasteiger partial charge in [-0.05, 0) is 47.1 Å². The third-order valence-corrected chi connectivity index (χ3v) is 4.59. The van der Waals surface area contributed by atoms with Gasteiger partial charge in [0, 0.05) is 5.92 Å². The third kappa shape index (κ3) is 1.31. The van der Waals surface area contributed by atoms with Gasteiger partial charge >= 0.3 is 0 Å². The minimum absolute atomic E-state index is 0.589. The highest BCUT2D eigenvalue weighted by atomic mass is 14.6. The Balaban J connectivity index is 1.88. The smallest absolute Gasteiger partial charge is 0.0133 e. The van der Waals surface area contributed by atoms with E-state index in [4.69, 9.17) is 5.73 Å². The van der Waals surface area contributed by atoms with Gasteiger partial charge in [0.05, 0.1) is 0 Å². The molecule has 0 saturated heterocycles. The lowest BCUT2D eigenvalue weighted by atomic mass is 9.91. The number of hydrogen-bond acceptors (Lipinski definition) is 1. The highest BCUT2D eigenvalue weighted by Crippen LogP contribution is 2.57. The van der Waals surface area contributed by atoms with E-state index in [1.54, 1.807) is 0 Å². The zero-order valence-corrected chi connectivity index (χ0v) is 10.3. The van der Waals surface area contributed by atoms with Crippen LogP contribution >= 0.6 is 0 Å². The summed E-state index contributed by atoms with van der Waals surface area (Å²) in [5, 5.41) is 0. The van der Waals surface area contributed by atoms with Crippen LogP contribution in [0.1, 0.15) is 23.5 Å². The summed E-state index contributed by atoms with van der Waals surface area (Å²) in [5.41, 5.74) is 11.7. The first-order valence-corrected chi connectivity index (χ1v) is 6.78. The van der Waals surface area contributed by atoms with Crippen molar-refractivity contribution in [3.8, 4) is 11.1 Å². The average molecular weight is 235 g/mol. The molecule has 2 aromatic rings. The van der Waals surface area contributed by atoms with E-state index in [9.17, 15) is 0 Å². The van der Waals surface area contributed by atoms with Crippen molar-refractivity contribution in [1.29, 1.82) is 0 Å². The molecule has 0 aliphatic heterocycles. The standard InChI is InChI=1S/C17H17N/c18-10-11-9-16(11)17-14-7-3-1-5-12(14)13-6-2-4-8-15(13)17/h1-8,11,16-17H,9-10,18H2. The molecule has 2 aliphatic rings. The molecule has 4 rings (SSSR count). The summed E-state index contributed by atoms with van der Waals surface area (Å²) in [6.45, 7) is 0.839. The van der Waals surface area contributed by atoms with Gasteiger partial charge < -0.3 is 5.73 Å². The summed E-state index contributed by atoms with van der Waals surface area (Å²) in [5.74, 6) is 2.08. The van der Waals surface area contributed by atoms with Gasteiger partial charge in [0.15, 0.2) is 0 Å². The Hall–Kier alpha value is -1.60. The summed E-state index contributed by atoms with van der Waals surface area (Å²) in [4.78, 5) is 0. The minimum Gasteiger partial charge on any atom is -0.330 e. The van der Waals surface area contributed by atoms with Crippen molar-refractivity contribution in [2.75, 3.05) is 6.54 Å². The van der Waals surface area contributed by atoms with Crippen molar-refractivity contribution in [2.45, 2.75) is 12.3 Å². The second kappa shape index (κ2) is 3.69. The van der Waals surface area contributed by atoms with E-state index in [0.29, 0.717) is 5.92 Å². The van der Waals surface area contributed by atoms with E-state index in [2.05, 4.69) is 48.5 Å². The molecular formula is C17H17N. The molecule has 18 heavy (non-hydrogen) atoms. The molecular weight excluding hydrogens is 218 g/mol. The van der Waals surface area contributed by atoms with E-state index < -0.39 is 0 Å². The second-order valence-corrected chi connectivity index (χ2v) is 5.55. The summed E-state index contributed by atoms with van der Waals surface area (Å²) in [6.07, 6.45) is 1.30. The van der Waals surface area contributed by atoms with Crippen LogP contribution in [0.25, 0.3) is 11.1 Å². The molecule has 2 aliphatic carbocycles. The largest absolute Gasteiger partial charge is 0.330 e. The van der Waals surface area contributed by atoms with Gasteiger partial charge in [-0.15, -0.1) is 0 Å². The molecule has 0 aromatic heterocycles. The van der Waals surface area contributed by atoms with Crippen molar-refractivity contribution >= 4 is 0 Å². The highest BCUT2D eigenvalue weighted by molar-refractivity contribution is 5.79. The maximum absolute atomic E-state index is 5.83. The fourth-order valence-electron chi connectivity index (χ4n) is 3.61. The molecule has 2 aromatic carbocycles. The Labute approximate surface area is 108 Å². The van der Waals surface area contributed by atoms with Crippen LogP contribution in [0.2, 0.25) is 0 Å². The molecule has 1 heteroatoms. The number of benzene rings is 2. The lowest BCUT2D eigenvalue weighted by Crippen LogP contribution is -2.07. The normalized spacial score (nSPS) is 24.7. The van der Waals surface area contributed by atoms with Crippen molar-refractivity contribution in [3.05, 3.63) is 59.7 Å². The molecule has 0 radical (unpaired) electrons. The first-order chi connectivity index (χ1) is 8.90. The molecule has 0 bridgehead atoms. The Bertz CT molecular complexity index is 557. The van der Waals surface area contributed by atoms with Gasteiger partial charge in [-0.1, -0.05) is 48.5 Å². The monoisotopic (exact) mass is 235 g/mol. The number of rotatable bonds is 2. The number of hydrogen-bond donors (Lipinski definition) is 1. The van der Waals surface area contributed by atoms with Crippen LogP contribution in [0, 0.1) is 11.8 Å². The van der Waals surface area contributed by atoms with Crippen LogP contribution in [-0.2, 0) is 0 Å². The van der Waals surface area contributed by atoms with Crippen LogP contribution in [0.4, 0.5) is 0 Å². The average Bonchev–Trinajstić information content (AvgIpc) is 3.13. The highest BCUT2D eigenvalue weighted by Gasteiger charge is 2.46. The SMILES string of the molecule is NCC1CC1C1c2ccccc2-c2ccccc21. The summed E-state index contributed by atoms with van der Waals surface area (Å²) in [6, 6.07) is 17.7. The summed E-state index contributed by atoms with van der Waals surface area (Å²) < 4.78 is 0. The Morgan fingerprint density at radius 1 is 0.889 bits per heavy atom. The van der Waals surface area contributed by atoms with Crippen molar-refractivity contribution in [3.63, 3.8) is 0 Å². The Morgan fingerprint density at radius 3 is 1.94 bits per heavy atom. The van der Waals surface area contributed by atoms with Crippen LogP contribution in [0.3, 0.4) is 0 Å². The molecule has 2 N–H and O–H groups in total. The topological polar surface area (TPSA) is 26.0 Å². The number of nitrogens with two attached hydrogens (primary N) is 1. The van der Waals surface area contributed by atoms with E-state index in [-0.39, 0.29) is 0 Å². The molecule has 0 amide bonds. The fourth-order valence-corrected chi connectivity index (χ4v) is 3.61. The maximum Gasteiger partial charge on any atom is 0.0133 e. The lowest BCUT2D eigenvalue weighted by Gasteiger charge is -2.13. The first kappa shape index (κ1) is 10.3. The molecule has 0 spiro atoms. The molecule has 1 saturated carbocycles. The van der Waals surface area contributed by atoms with E-state index in [1.807, 2.05) is 0 Å². The second-order valence-electron chi connectivity index (χ2n) is 5.55. The zero-order valence-electron chi connectivity index (χ0n) is 10.3. The van der Waals surface area contributed by atoms with Gasteiger partial charge in [-0.3, -0.25) is 0 Å². The van der Waals surface area contributed by atoms with Crippen LogP contribution in [0.5, 0.6) is 0 Å². The van der Waals surface area contributed by atoms with Crippen molar-refractivity contribution in [2.24, 2.45) is 17.6 Å². The van der Waals surface area contributed by atoms with Crippen LogP contribution in [0.15, 0.2) is 48.5 Å². The molecule has 0 heterocycles. The Morgan fingerprint density at radius 2 is 1.44 bits per heavy atom. The van der Waals surface area contributed by atoms with Crippen molar-refractivity contribution in [1.82, 2.24) is 0 Å². The molecule has 1 fully saturated rings. The zero-order chi connectivity index (χ0) is 12.1. The first-order valence-electron chi connectivity index (χ1n) is 6.78. The fraction of sp³-hybridized carbons (Fsp3) is 0.294. The van der Waals surface area contributed by atoms with Crippen LogP contribution in [-0.4, -0.2) is 6.54 Å². The van der Waals surface area contributed by atoms with Crippen molar-refractivity contribution < 1.29 is 0 Å². The van der Waals surface area contributed by atoms with Gasteiger partial charge in [-0.2, -0.15) is 0 Å². The summed E-state index contributed by atoms with van der Waals surface area (Å²) >= 11 is 0. The third-order valence-electron chi connectivity index (χ3n) is 4.59. The van der Waals surface area contributed by atoms with E-state index >= 15 is 0 Å². The molecule has 2 unspecified atom stereocenters. The van der Waals surface area contributed by atoms with Gasteiger partial charge in [-0.25, -0.2) is 0 Å². The minimum atomic E-state index is 0.589. The predicted octanol–water partition coefficient (Wildman–Crippen LogP) is 3.39. The quantitative estimate of drug-likeness (QED) is 0.848. The molecule has 90 valence electrons. The van der Waals surface area contributed by atoms with E-state index in [1.165, 1.54) is 28.7 Å². The van der Waals surface area contributed by atoms with Gasteiger partial charge in [0.1, 0.15) is 0 Å². The van der Waals surface area contributed by atoms with Gasteiger partial charge in [0.2, 0.25) is 0 Å². The predicted molar refractivity (Wildman–Crippen MR) is 74.4 cm³/mol. The Kier molecular flexibility index (Phi) is 2.12.